The molecule has 0 fully saturated rings. The summed E-state index contributed by atoms with van der Waals surface area (Å²) in [5.41, 5.74) is 4.39. The van der Waals surface area contributed by atoms with E-state index >= 15 is 0 Å². The van der Waals surface area contributed by atoms with Gasteiger partial charge in [-0.15, -0.1) is 0 Å². The van der Waals surface area contributed by atoms with Crippen LogP contribution in [0.15, 0.2) is 42.5 Å². The van der Waals surface area contributed by atoms with Crippen molar-refractivity contribution in [1.82, 2.24) is 0 Å². The lowest BCUT2D eigenvalue weighted by Crippen LogP contribution is -2.01. The van der Waals surface area contributed by atoms with Gasteiger partial charge in [-0.1, -0.05) is 35.9 Å². The van der Waals surface area contributed by atoms with Crippen molar-refractivity contribution in [3.63, 3.8) is 0 Å². The van der Waals surface area contributed by atoms with E-state index in [1.165, 1.54) is 5.56 Å². The highest BCUT2D eigenvalue weighted by Crippen LogP contribution is 2.20. The van der Waals surface area contributed by atoms with E-state index in [4.69, 9.17) is 0 Å². The normalized spacial score (nSPS) is 10.2. The number of para-hydroxylation sites is 1. The van der Waals surface area contributed by atoms with Gasteiger partial charge in [0.15, 0.2) is 0 Å². The molecule has 2 aromatic rings. The summed E-state index contributed by atoms with van der Waals surface area (Å²) >= 11 is 0. The summed E-state index contributed by atoms with van der Waals surface area (Å²) in [6, 6.07) is 13.8. The molecule has 0 aliphatic heterocycles. The van der Waals surface area contributed by atoms with Crippen molar-refractivity contribution in [2.75, 3.05) is 5.32 Å². The van der Waals surface area contributed by atoms with E-state index in [1.807, 2.05) is 37.3 Å². The molecule has 2 aromatic carbocycles. The van der Waals surface area contributed by atoms with Gasteiger partial charge >= 0.3 is 0 Å². The van der Waals surface area contributed by atoms with Crippen LogP contribution >= 0.6 is 0 Å². The molecule has 2 nitrogen and oxygen atoms in total. The summed E-state index contributed by atoms with van der Waals surface area (Å²) in [5, 5.41) is 13.1. The summed E-state index contributed by atoms with van der Waals surface area (Å²) in [5.74, 6) is 0.344. The van der Waals surface area contributed by atoms with Crippen LogP contribution in [0.2, 0.25) is 0 Å². The highest BCUT2D eigenvalue weighted by atomic mass is 16.3. The third-order valence-corrected chi connectivity index (χ3v) is 2.85. The zero-order valence-corrected chi connectivity index (χ0v) is 10.2. The van der Waals surface area contributed by atoms with Crippen LogP contribution < -0.4 is 5.32 Å². The molecule has 0 heterocycles. The maximum absolute atomic E-state index is 9.74. The number of benzene rings is 2. The molecule has 0 bridgehead atoms. The lowest BCUT2D eigenvalue weighted by atomic mass is 10.1. The van der Waals surface area contributed by atoms with Crippen LogP contribution in [0.5, 0.6) is 5.75 Å². The highest BCUT2D eigenvalue weighted by Gasteiger charge is 2.02. The van der Waals surface area contributed by atoms with Crippen LogP contribution in [0.4, 0.5) is 5.69 Å². The van der Waals surface area contributed by atoms with Crippen molar-refractivity contribution in [1.29, 1.82) is 0 Å². The molecular formula is C15H17NO. The maximum Gasteiger partial charge on any atom is 0.120 e. The standard InChI is InChI=1S/C15H17NO/c1-11-7-8-15(17)13(9-11)10-16-14-6-4-3-5-12(14)2/h3-9,16-17H,10H2,1-2H3. The van der Waals surface area contributed by atoms with Gasteiger partial charge in [-0.3, -0.25) is 0 Å². The minimum absolute atomic E-state index is 0.344. The Balaban J connectivity index is 2.12. The van der Waals surface area contributed by atoms with Gasteiger partial charge < -0.3 is 10.4 Å². The van der Waals surface area contributed by atoms with Gasteiger partial charge in [-0.2, -0.15) is 0 Å². The first-order chi connectivity index (χ1) is 8.16. The zero-order valence-electron chi connectivity index (χ0n) is 10.2. The quantitative estimate of drug-likeness (QED) is 0.839. The van der Waals surface area contributed by atoms with Crippen LogP contribution in [0.25, 0.3) is 0 Å². The number of hydrogen-bond donors (Lipinski definition) is 2. The van der Waals surface area contributed by atoms with Crippen molar-refractivity contribution in [2.45, 2.75) is 20.4 Å². The smallest absolute Gasteiger partial charge is 0.120 e. The SMILES string of the molecule is Cc1ccc(O)c(CNc2ccccc2C)c1. The third-order valence-electron chi connectivity index (χ3n) is 2.85. The molecule has 0 saturated carbocycles. The fourth-order valence-electron chi connectivity index (χ4n) is 1.82. The van der Waals surface area contributed by atoms with Crippen LogP contribution in [0.1, 0.15) is 16.7 Å². The van der Waals surface area contributed by atoms with Crippen molar-refractivity contribution < 1.29 is 5.11 Å². The van der Waals surface area contributed by atoms with Crippen molar-refractivity contribution >= 4 is 5.69 Å². The van der Waals surface area contributed by atoms with E-state index in [-0.39, 0.29) is 0 Å². The number of aryl methyl sites for hydroxylation is 2. The molecular weight excluding hydrogens is 210 g/mol. The van der Waals surface area contributed by atoms with Crippen molar-refractivity contribution in [2.24, 2.45) is 0 Å². The fourth-order valence-corrected chi connectivity index (χ4v) is 1.82. The maximum atomic E-state index is 9.74. The lowest BCUT2D eigenvalue weighted by Gasteiger charge is -2.11. The van der Waals surface area contributed by atoms with E-state index in [0.717, 1.165) is 16.8 Å². The van der Waals surface area contributed by atoms with Crippen LogP contribution in [-0.4, -0.2) is 5.11 Å². The van der Waals surface area contributed by atoms with E-state index in [9.17, 15) is 5.11 Å². The van der Waals surface area contributed by atoms with E-state index in [2.05, 4.69) is 18.3 Å². The van der Waals surface area contributed by atoms with Gasteiger partial charge in [0.05, 0.1) is 0 Å². The Labute approximate surface area is 102 Å². The first-order valence-corrected chi connectivity index (χ1v) is 5.75. The zero-order chi connectivity index (χ0) is 12.3. The van der Waals surface area contributed by atoms with Gasteiger partial charge in [0.1, 0.15) is 5.75 Å². The average Bonchev–Trinajstić information content (AvgIpc) is 2.32. The van der Waals surface area contributed by atoms with E-state index in [1.54, 1.807) is 6.07 Å². The summed E-state index contributed by atoms with van der Waals surface area (Å²) in [6.45, 7) is 4.73. The topological polar surface area (TPSA) is 32.3 Å². The Morgan fingerprint density at radius 2 is 1.82 bits per heavy atom. The predicted molar refractivity (Wildman–Crippen MR) is 71.3 cm³/mol. The number of phenolic OH excluding ortho intramolecular Hbond substituents is 1. The van der Waals surface area contributed by atoms with Crippen molar-refractivity contribution in [3.05, 3.63) is 59.2 Å². The number of nitrogens with one attached hydrogen (secondary N) is 1. The molecule has 17 heavy (non-hydrogen) atoms. The van der Waals surface area contributed by atoms with Gasteiger partial charge in [0.2, 0.25) is 0 Å². The summed E-state index contributed by atoms with van der Waals surface area (Å²) < 4.78 is 0. The Kier molecular flexibility index (Phi) is 3.33. The van der Waals surface area contributed by atoms with Gasteiger partial charge in [-0.25, -0.2) is 0 Å². The monoisotopic (exact) mass is 227 g/mol. The first kappa shape index (κ1) is 11.5. The summed E-state index contributed by atoms with van der Waals surface area (Å²) in [4.78, 5) is 0. The average molecular weight is 227 g/mol. The van der Waals surface area contributed by atoms with Crippen molar-refractivity contribution in [3.8, 4) is 5.75 Å². The highest BCUT2D eigenvalue weighted by molar-refractivity contribution is 5.51. The Bertz CT molecular complexity index is 520. The molecule has 0 amide bonds. The Morgan fingerprint density at radius 1 is 1.06 bits per heavy atom. The van der Waals surface area contributed by atoms with E-state index in [0.29, 0.717) is 12.3 Å². The van der Waals surface area contributed by atoms with Crippen LogP contribution in [-0.2, 0) is 6.54 Å². The van der Waals surface area contributed by atoms with Gasteiger partial charge in [0.25, 0.3) is 0 Å². The molecule has 0 atom stereocenters. The molecule has 88 valence electrons. The van der Waals surface area contributed by atoms with Crippen LogP contribution in [0.3, 0.4) is 0 Å². The molecule has 0 aliphatic carbocycles. The number of anilines is 1. The first-order valence-electron chi connectivity index (χ1n) is 5.75. The molecule has 0 spiro atoms. The second-order valence-electron chi connectivity index (χ2n) is 4.30. The molecule has 2 N–H and O–H groups in total. The Morgan fingerprint density at radius 3 is 2.59 bits per heavy atom. The minimum Gasteiger partial charge on any atom is -0.508 e. The molecule has 0 saturated heterocycles. The number of hydrogen-bond acceptors (Lipinski definition) is 2. The van der Waals surface area contributed by atoms with E-state index < -0.39 is 0 Å². The molecule has 2 heteroatoms. The molecule has 2 rings (SSSR count). The van der Waals surface area contributed by atoms with Gasteiger partial charge in [-0.05, 0) is 31.5 Å². The predicted octanol–water partition coefficient (Wildman–Crippen LogP) is 3.62. The largest absolute Gasteiger partial charge is 0.508 e. The third kappa shape index (κ3) is 2.78. The number of rotatable bonds is 3. The second-order valence-corrected chi connectivity index (χ2v) is 4.30. The number of phenols is 1. The molecule has 0 radical (unpaired) electrons. The summed E-state index contributed by atoms with van der Waals surface area (Å²) in [7, 11) is 0. The lowest BCUT2D eigenvalue weighted by molar-refractivity contribution is 0.469. The summed E-state index contributed by atoms with van der Waals surface area (Å²) in [6.07, 6.45) is 0. The molecule has 0 unspecified atom stereocenters. The fraction of sp³-hybridized carbons (Fsp3) is 0.200. The second kappa shape index (κ2) is 4.91. The van der Waals surface area contributed by atoms with Crippen LogP contribution in [0, 0.1) is 13.8 Å². The molecule has 0 aromatic heterocycles. The van der Waals surface area contributed by atoms with Gasteiger partial charge in [0, 0.05) is 17.8 Å². The Hall–Kier alpha value is -1.96. The number of aromatic hydroxyl groups is 1. The molecule has 0 aliphatic rings. The minimum atomic E-state index is 0.344.